The van der Waals surface area contributed by atoms with Crippen molar-refractivity contribution in [3.63, 3.8) is 0 Å². The third-order valence-electron chi connectivity index (χ3n) is 2.68. The fourth-order valence-corrected chi connectivity index (χ4v) is 2.77. The van der Waals surface area contributed by atoms with E-state index in [-0.39, 0.29) is 11.8 Å². The van der Waals surface area contributed by atoms with Crippen LogP contribution in [0.1, 0.15) is 52.7 Å². The predicted molar refractivity (Wildman–Crippen MR) is 73.2 cm³/mol. The zero-order chi connectivity index (χ0) is 13.5. The van der Waals surface area contributed by atoms with Gasteiger partial charge in [0, 0.05) is 28.2 Å². The van der Waals surface area contributed by atoms with Gasteiger partial charge in [-0.3, -0.25) is 9.59 Å². The molecule has 0 aromatic carbocycles. The number of thiophene rings is 1. The number of unbranched alkanes of at least 4 members (excludes halogenated alkanes) is 1. The van der Waals surface area contributed by atoms with Gasteiger partial charge in [-0.1, -0.05) is 0 Å². The maximum absolute atomic E-state index is 11.9. The van der Waals surface area contributed by atoms with Crippen molar-refractivity contribution in [3.8, 4) is 0 Å². The maximum atomic E-state index is 11.9. The zero-order valence-corrected chi connectivity index (χ0v) is 12.1. The van der Waals surface area contributed by atoms with Gasteiger partial charge < -0.3 is 4.74 Å². The van der Waals surface area contributed by atoms with Gasteiger partial charge in [0.1, 0.15) is 0 Å². The molecule has 1 aromatic rings. The van der Waals surface area contributed by atoms with Crippen LogP contribution in [0.4, 0.5) is 0 Å². The molecule has 4 heteroatoms. The fraction of sp³-hybridized carbons (Fsp3) is 0.571. The van der Waals surface area contributed by atoms with Gasteiger partial charge in [-0.2, -0.15) is 0 Å². The molecule has 0 spiro atoms. The van der Waals surface area contributed by atoms with E-state index in [4.69, 9.17) is 4.74 Å². The molecule has 0 N–H and O–H groups in total. The first kappa shape index (κ1) is 14.9. The second-order valence-electron chi connectivity index (χ2n) is 4.26. The number of carbonyl (C=O) groups excluding carboxylic acids is 2. The van der Waals surface area contributed by atoms with Gasteiger partial charge in [0.05, 0.1) is 6.61 Å². The highest BCUT2D eigenvalue weighted by Crippen LogP contribution is 2.22. The Bertz CT molecular complexity index is 421. The largest absolute Gasteiger partial charge is 0.466 e. The second kappa shape index (κ2) is 7.31. The molecule has 18 heavy (non-hydrogen) atoms. The van der Waals surface area contributed by atoms with E-state index in [1.807, 2.05) is 19.9 Å². The van der Waals surface area contributed by atoms with Crippen molar-refractivity contribution in [1.82, 2.24) is 0 Å². The van der Waals surface area contributed by atoms with Gasteiger partial charge in [-0.25, -0.2) is 0 Å². The van der Waals surface area contributed by atoms with Crippen molar-refractivity contribution in [2.24, 2.45) is 0 Å². The SMILES string of the molecule is CCOC(=O)CCCCC(=O)c1cc(C)sc1C. The molecule has 1 aromatic heterocycles. The lowest BCUT2D eigenvalue weighted by atomic mass is 10.1. The average Bonchev–Trinajstić information content (AvgIpc) is 2.64. The van der Waals surface area contributed by atoms with Gasteiger partial charge in [0.15, 0.2) is 5.78 Å². The molecule has 0 fully saturated rings. The summed E-state index contributed by atoms with van der Waals surface area (Å²) in [4.78, 5) is 25.3. The lowest BCUT2D eigenvalue weighted by Gasteiger charge is -2.02. The van der Waals surface area contributed by atoms with Crippen LogP contribution in [0.3, 0.4) is 0 Å². The van der Waals surface area contributed by atoms with Crippen LogP contribution in [-0.4, -0.2) is 18.4 Å². The molecule has 0 unspecified atom stereocenters. The molecule has 0 aliphatic carbocycles. The Morgan fingerprint density at radius 3 is 2.44 bits per heavy atom. The van der Waals surface area contributed by atoms with E-state index >= 15 is 0 Å². The first-order valence-corrected chi connectivity index (χ1v) is 7.12. The van der Waals surface area contributed by atoms with Gasteiger partial charge in [-0.05, 0) is 39.7 Å². The van der Waals surface area contributed by atoms with Crippen LogP contribution in [-0.2, 0) is 9.53 Å². The van der Waals surface area contributed by atoms with E-state index in [0.717, 1.165) is 16.9 Å². The first-order chi connectivity index (χ1) is 8.54. The summed E-state index contributed by atoms with van der Waals surface area (Å²) in [7, 11) is 0. The Morgan fingerprint density at radius 1 is 1.22 bits per heavy atom. The van der Waals surface area contributed by atoms with Crippen molar-refractivity contribution in [2.45, 2.75) is 46.5 Å². The third-order valence-corrected chi connectivity index (χ3v) is 3.65. The molecule has 0 amide bonds. The zero-order valence-electron chi connectivity index (χ0n) is 11.2. The quantitative estimate of drug-likeness (QED) is 0.430. The summed E-state index contributed by atoms with van der Waals surface area (Å²) in [5.41, 5.74) is 0.841. The van der Waals surface area contributed by atoms with E-state index in [9.17, 15) is 9.59 Å². The molecule has 0 saturated heterocycles. The van der Waals surface area contributed by atoms with E-state index in [2.05, 4.69) is 0 Å². The molecule has 100 valence electrons. The van der Waals surface area contributed by atoms with Crippen LogP contribution < -0.4 is 0 Å². The Balaban J connectivity index is 2.30. The smallest absolute Gasteiger partial charge is 0.305 e. The normalized spacial score (nSPS) is 10.4. The fourth-order valence-electron chi connectivity index (χ4n) is 1.83. The highest BCUT2D eigenvalue weighted by Gasteiger charge is 2.11. The molecule has 3 nitrogen and oxygen atoms in total. The Morgan fingerprint density at radius 2 is 1.89 bits per heavy atom. The summed E-state index contributed by atoms with van der Waals surface area (Å²) < 4.78 is 4.83. The summed E-state index contributed by atoms with van der Waals surface area (Å²) in [6.07, 6.45) is 2.37. The van der Waals surface area contributed by atoms with Gasteiger partial charge >= 0.3 is 5.97 Å². The van der Waals surface area contributed by atoms with E-state index in [1.165, 1.54) is 4.88 Å². The van der Waals surface area contributed by atoms with Crippen molar-refractivity contribution in [2.75, 3.05) is 6.61 Å². The topological polar surface area (TPSA) is 43.4 Å². The minimum atomic E-state index is -0.174. The van der Waals surface area contributed by atoms with Crippen LogP contribution in [0.15, 0.2) is 6.07 Å². The van der Waals surface area contributed by atoms with Crippen molar-refractivity contribution in [1.29, 1.82) is 0 Å². The molecule has 0 bridgehead atoms. The van der Waals surface area contributed by atoms with E-state index in [1.54, 1.807) is 18.3 Å². The molecule has 0 aliphatic heterocycles. The number of aryl methyl sites for hydroxylation is 2. The molecule has 0 saturated carbocycles. The van der Waals surface area contributed by atoms with Crippen LogP contribution in [0.25, 0.3) is 0 Å². The standard InChI is InChI=1S/C14H20O3S/c1-4-17-14(16)8-6-5-7-13(15)12-9-10(2)18-11(12)3/h9H,4-8H2,1-3H3. The van der Waals surface area contributed by atoms with E-state index in [0.29, 0.717) is 25.9 Å². The van der Waals surface area contributed by atoms with Gasteiger partial charge in [0.25, 0.3) is 0 Å². The molecule has 0 radical (unpaired) electrons. The number of esters is 1. The number of hydrogen-bond acceptors (Lipinski definition) is 4. The summed E-state index contributed by atoms with van der Waals surface area (Å²) in [5, 5.41) is 0. The third kappa shape index (κ3) is 4.61. The Labute approximate surface area is 112 Å². The molecule has 0 atom stereocenters. The van der Waals surface area contributed by atoms with Crippen LogP contribution in [0, 0.1) is 13.8 Å². The number of rotatable bonds is 7. The van der Waals surface area contributed by atoms with E-state index < -0.39 is 0 Å². The molecular weight excluding hydrogens is 248 g/mol. The number of hydrogen-bond donors (Lipinski definition) is 0. The Hall–Kier alpha value is -1.16. The second-order valence-corrected chi connectivity index (χ2v) is 5.72. The summed E-state index contributed by atoms with van der Waals surface area (Å²) in [5.74, 6) is 0.00761. The number of ether oxygens (including phenoxy) is 1. The van der Waals surface area contributed by atoms with Crippen molar-refractivity contribution in [3.05, 3.63) is 21.4 Å². The Kier molecular flexibility index (Phi) is 6.05. The highest BCUT2D eigenvalue weighted by atomic mass is 32.1. The van der Waals surface area contributed by atoms with Crippen LogP contribution >= 0.6 is 11.3 Å². The lowest BCUT2D eigenvalue weighted by molar-refractivity contribution is -0.143. The summed E-state index contributed by atoms with van der Waals surface area (Å²) >= 11 is 1.65. The molecule has 0 aliphatic rings. The first-order valence-electron chi connectivity index (χ1n) is 6.30. The summed E-state index contributed by atoms with van der Waals surface area (Å²) in [6, 6.07) is 1.95. The predicted octanol–water partition coefficient (Wildman–Crippen LogP) is 3.67. The van der Waals surface area contributed by atoms with Crippen molar-refractivity contribution < 1.29 is 14.3 Å². The number of carbonyl (C=O) groups is 2. The molecule has 1 rings (SSSR count). The monoisotopic (exact) mass is 268 g/mol. The van der Waals surface area contributed by atoms with Crippen molar-refractivity contribution >= 4 is 23.1 Å². The average molecular weight is 268 g/mol. The van der Waals surface area contributed by atoms with Crippen LogP contribution in [0.5, 0.6) is 0 Å². The molecular formula is C14H20O3S. The number of Topliss-reactive ketones (excluding diaryl/α,β-unsaturated/α-hetero) is 1. The summed E-state index contributed by atoms with van der Waals surface area (Å²) in [6.45, 7) is 6.20. The minimum absolute atomic E-state index is 0.174. The molecule has 1 heterocycles. The lowest BCUT2D eigenvalue weighted by Crippen LogP contribution is -2.04. The highest BCUT2D eigenvalue weighted by molar-refractivity contribution is 7.12. The van der Waals surface area contributed by atoms with Gasteiger partial charge in [0.2, 0.25) is 0 Å². The van der Waals surface area contributed by atoms with Gasteiger partial charge in [-0.15, -0.1) is 11.3 Å². The maximum Gasteiger partial charge on any atom is 0.305 e. The minimum Gasteiger partial charge on any atom is -0.466 e. The number of ketones is 1. The van der Waals surface area contributed by atoms with Crippen LogP contribution in [0.2, 0.25) is 0 Å².